The summed E-state index contributed by atoms with van der Waals surface area (Å²) in [5.41, 5.74) is 0.933. The molecule has 0 bridgehead atoms. The molecule has 0 fully saturated rings. The van der Waals surface area contributed by atoms with Crippen LogP contribution in [0.1, 0.15) is 12.8 Å². The molecule has 1 heterocycles. The van der Waals surface area contributed by atoms with Gasteiger partial charge in [0, 0.05) is 5.69 Å². The van der Waals surface area contributed by atoms with E-state index in [-0.39, 0.29) is 0 Å². The number of nitrogens with zero attached hydrogens (tertiary/aromatic N) is 2. The highest BCUT2D eigenvalue weighted by molar-refractivity contribution is 5.86. The number of hydrogen-bond donors (Lipinski definition) is 2. The summed E-state index contributed by atoms with van der Waals surface area (Å²) in [4.78, 5) is 0. The molecule has 20 heavy (non-hydrogen) atoms. The topological polar surface area (TPSA) is 63.0 Å². The Kier molecular flexibility index (Phi) is 3.60. The van der Waals surface area contributed by atoms with Gasteiger partial charge in [0.2, 0.25) is 5.89 Å². The predicted octanol–water partition coefficient (Wildman–Crippen LogP) is 3.08. The molecule has 5 nitrogen and oxygen atoms in total. The lowest BCUT2D eigenvalue weighted by atomic mass is 10.1. The van der Waals surface area contributed by atoms with Crippen molar-refractivity contribution in [1.29, 1.82) is 0 Å². The Morgan fingerprint density at radius 3 is 2.75 bits per heavy atom. The Morgan fingerprint density at radius 2 is 1.90 bits per heavy atom. The molecule has 3 rings (SSSR count). The van der Waals surface area contributed by atoms with Crippen LogP contribution in [-0.4, -0.2) is 16.7 Å². The molecule has 1 aromatic heterocycles. The molecule has 0 saturated carbocycles. The quantitative estimate of drug-likeness (QED) is 0.744. The third-order valence-electron chi connectivity index (χ3n) is 2.99. The molecular formula is C15H16N4O. The van der Waals surface area contributed by atoms with E-state index in [1.165, 1.54) is 10.8 Å². The number of anilines is 2. The lowest BCUT2D eigenvalue weighted by Gasteiger charge is -2.03. The molecule has 0 radical (unpaired) electrons. The third-order valence-corrected chi connectivity index (χ3v) is 2.99. The van der Waals surface area contributed by atoms with Gasteiger partial charge >= 0.3 is 6.01 Å². The van der Waals surface area contributed by atoms with Gasteiger partial charge in [-0.15, -0.1) is 5.10 Å². The molecular weight excluding hydrogens is 252 g/mol. The molecule has 0 spiro atoms. The summed E-state index contributed by atoms with van der Waals surface area (Å²) in [5.74, 6) is 0.579. The first kappa shape index (κ1) is 12.6. The van der Waals surface area contributed by atoms with Gasteiger partial charge in [-0.3, -0.25) is 0 Å². The molecule has 2 N–H and O–H groups in total. The zero-order chi connectivity index (χ0) is 13.8. The maximum Gasteiger partial charge on any atom is 0.320 e. The van der Waals surface area contributed by atoms with Gasteiger partial charge in [-0.05, 0) is 29.4 Å². The van der Waals surface area contributed by atoms with Crippen molar-refractivity contribution in [2.45, 2.75) is 13.5 Å². The average molecular weight is 268 g/mol. The van der Waals surface area contributed by atoms with Crippen molar-refractivity contribution in [3.05, 3.63) is 48.4 Å². The highest BCUT2D eigenvalue weighted by atomic mass is 16.4. The fourth-order valence-electron chi connectivity index (χ4n) is 2.00. The molecule has 0 amide bonds. The minimum Gasteiger partial charge on any atom is -0.406 e. The second-order valence-electron chi connectivity index (χ2n) is 4.47. The molecule has 0 aliphatic carbocycles. The van der Waals surface area contributed by atoms with Crippen LogP contribution in [-0.2, 0) is 6.54 Å². The van der Waals surface area contributed by atoms with Crippen LogP contribution in [0.4, 0.5) is 11.7 Å². The van der Waals surface area contributed by atoms with E-state index in [0.717, 1.165) is 12.2 Å². The lowest BCUT2D eigenvalue weighted by Crippen LogP contribution is -2.11. The molecule has 0 saturated heterocycles. The van der Waals surface area contributed by atoms with Crippen molar-refractivity contribution >= 4 is 22.5 Å². The van der Waals surface area contributed by atoms with E-state index < -0.39 is 0 Å². The van der Waals surface area contributed by atoms with E-state index >= 15 is 0 Å². The summed E-state index contributed by atoms with van der Waals surface area (Å²) < 4.78 is 5.51. The van der Waals surface area contributed by atoms with Crippen LogP contribution >= 0.6 is 0 Å². The summed E-state index contributed by atoms with van der Waals surface area (Å²) >= 11 is 0. The maximum atomic E-state index is 5.51. The van der Waals surface area contributed by atoms with Crippen molar-refractivity contribution in [2.24, 2.45) is 0 Å². The van der Waals surface area contributed by atoms with Crippen LogP contribution in [0.3, 0.4) is 0 Å². The summed E-state index contributed by atoms with van der Waals surface area (Å²) in [5, 5.41) is 16.6. The van der Waals surface area contributed by atoms with Crippen LogP contribution in [0.25, 0.3) is 10.8 Å². The van der Waals surface area contributed by atoms with E-state index in [2.05, 4.69) is 45.1 Å². The molecule has 2 aromatic carbocycles. The largest absolute Gasteiger partial charge is 0.406 e. The Balaban J connectivity index is 1.76. The van der Waals surface area contributed by atoms with Gasteiger partial charge in [0.25, 0.3) is 0 Å². The van der Waals surface area contributed by atoms with E-state index in [0.29, 0.717) is 18.5 Å². The Labute approximate surface area is 117 Å². The van der Waals surface area contributed by atoms with Crippen molar-refractivity contribution in [3.63, 3.8) is 0 Å². The smallest absolute Gasteiger partial charge is 0.320 e. The summed E-state index contributed by atoms with van der Waals surface area (Å²) in [6.07, 6.45) is 0. The average Bonchev–Trinajstić information content (AvgIpc) is 2.92. The molecule has 0 aliphatic heterocycles. The highest BCUT2D eigenvalue weighted by Crippen LogP contribution is 2.21. The van der Waals surface area contributed by atoms with Crippen LogP contribution in [0.2, 0.25) is 0 Å². The molecule has 3 aromatic rings. The zero-order valence-electron chi connectivity index (χ0n) is 11.3. The lowest BCUT2D eigenvalue weighted by molar-refractivity contribution is 0.484. The van der Waals surface area contributed by atoms with Gasteiger partial charge in [0.05, 0.1) is 6.54 Å². The first-order valence-corrected chi connectivity index (χ1v) is 6.64. The van der Waals surface area contributed by atoms with Crippen molar-refractivity contribution in [3.8, 4) is 0 Å². The Hall–Kier alpha value is -2.40. The SMILES string of the molecule is CCNCc1nnc(Nc2ccc3ccccc3c2)o1. The van der Waals surface area contributed by atoms with E-state index in [1.54, 1.807) is 0 Å². The zero-order valence-corrected chi connectivity index (χ0v) is 11.3. The Bertz CT molecular complexity index is 708. The van der Waals surface area contributed by atoms with Crippen LogP contribution in [0, 0.1) is 0 Å². The van der Waals surface area contributed by atoms with Gasteiger partial charge < -0.3 is 15.1 Å². The second kappa shape index (κ2) is 5.71. The van der Waals surface area contributed by atoms with Gasteiger partial charge in [-0.1, -0.05) is 42.4 Å². The summed E-state index contributed by atoms with van der Waals surface area (Å²) in [6.45, 7) is 3.49. The van der Waals surface area contributed by atoms with Gasteiger partial charge in [0.1, 0.15) is 0 Å². The monoisotopic (exact) mass is 268 g/mol. The van der Waals surface area contributed by atoms with Crippen LogP contribution in [0.15, 0.2) is 46.9 Å². The molecule has 5 heteroatoms. The molecule has 102 valence electrons. The van der Waals surface area contributed by atoms with E-state index in [1.807, 2.05) is 25.1 Å². The van der Waals surface area contributed by atoms with Crippen molar-refractivity contribution in [2.75, 3.05) is 11.9 Å². The van der Waals surface area contributed by atoms with Crippen molar-refractivity contribution < 1.29 is 4.42 Å². The molecule has 0 unspecified atom stereocenters. The number of nitrogens with one attached hydrogen (secondary N) is 2. The van der Waals surface area contributed by atoms with Gasteiger partial charge in [0.15, 0.2) is 0 Å². The molecule has 0 aliphatic rings. The summed E-state index contributed by atoms with van der Waals surface area (Å²) in [6, 6.07) is 14.7. The number of aromatic nitrogens is 2. The Morgan fingerprint density at radius 1 is 1.05 bits per heavy atom. The predicted molar refractivity (Wildman–Crippen MR) is 78.9 cm³/mol. The van der Waals surface area contributed by atoms with Crippen LogP contribution in [0.5, 0.6) is 0 Å². The molecule has 0 atom stereocenters. The number of fused-ring (bicyclic) bond motifs is 1. The first-order chi connectivity index (χ1) is 9.85. The van der Waals surface area contributed by atoms with E-state index in [9.17, 15) is 0 Å². The first-order valence-electron chi connectivity index (χ1n) is 6.64. The van der Waals surface area contributed by atoms with E-state index in [4.69, 9.17) is 4.42 Å². The third kappa shape index (κ3) is 2.78. The number of benzene rings is 2. The van der Waals surface area contributed by atoms with Crippen LogP contribution < -0.4 is 10.6 Å². The minimum atomic E-state index is 0.410. The van der Waals surface area contributed by atoms with Gasteiger partial charge in [-0.25, -0.2) is 0 Å². The van der Waals surface area contributed by atoms with Crippen molar-refractivity contribution in [1.82, 2.24) is 15.5 Å². The second-order valence-corrected chi connectivity index (χ2v) is 4.47. The van der Waals surface area contributed by atoms with Gasteiger partial charge in [-0.2, -0.15) is 0 Å². The fourth-order valence-corrected chi connectivity index (χ4v) is 2.00. The number of hydrogen-bond acceptors (Lipinski definition) is 5. The summed E-state index contributed by atoms with van der Waals surface area (Å²) in [7, 11) is 0. The number of rotatable bonds is 5. The normalized spacial score (nSPS) is 10.8. The highest BCUT2D eigenvalue weighted by Gasteiger charge is 2.05. The fraction of sp³-hybridized carbons (Fsp3) is 0.200. The maximum absolute atomic E-state index is 5.51. The standard InChI is InChI=1S/C15H16N4O/c1-2-16-10-14-18-19-15(20-14)17-13-8-7-11-5-3-4-6-12(11)9-13/h3-9,16H,2,10H2,1H3,(H,17,19). The minimum absolute atomic E-state index is 0.410.